The van der Waals surface area contributed by atoms with E-state index in [0.29, 0.717) is 45.1 Å². The summed E-state index contributed by atoms with van der Waals surface area (Å²) in [7, 11) is 0. The molecule has 0 atom stereocenters. The van der Waals surface area contributed by atoms with E-state index < -0.39 is 0 Å². The molecule has 3 heterocycles. The molecule has 0 aromatic rings. The lowest BCUT2D eigenvalue weighted by Gasteiger charge is -2.49. The lowest BCUT2D eigenvalue weighted by Crippen LogP contribution is -2.58. The molecule has 2 saturated carbocycles. The van der Waals surface area contributed by atoms with Gasteiger partial charge in [-0.3, -0.25) is 9.69 Å². The summed E-state index contributed by atoms with van der Waals surface area (Å²) < 4.78 is 22.3. The highest BCUT2D eigenvalue weighted by molar-refractivity contribution is 5.79. The van der Waals surface area contributed by atoms with E-state index in [2.05, 4.69) is 11.0 Å². The molecule has 2 spiro atoms. The molecule has 0 N–H and O–H groups in total. The summed E-state index contributed by atoms with van der Waals surface area (Å²) in [5.41, 5.74) is -0.223. The standard InChI is InChI=1S/C12H18N2O2.C8H12O3/c13-10-11(14-6-1-7-14)2-4-12(5-3-11)15-8-9-16-12;9-7-1-3-8(4-2-7)10-5-6-11-8/h1-9H2;1-6H2. The summed E-state index contributed by atoms with van der Waals surface area (Å²) in [5.74, 6) is -0.367. The van der Waals surface area contributed by atoms with Gasteiger partial charge in [-0.1, -0.05) is 0 Å². The fraction of sp³-hybridized carbons (Fsp3) is 0.900. The van der Waals surface area contributed by atoms with E-state index >= 15 is 0 Å². The Morgan fingerprint density at radius 2 is 1.26 bits per heavy atom. The molecule has 7 nitrogen and oxygen atoms in total. The van der Waals surface area contributed by atoms with Crippen molar-refractivity contribution in [1.82, 2.24) is 4.90 Å². The molecule has 0 aromatic heterocycles. The Labute approximate surface area is 160 Å². The predicted octanol–water partition coefficient (Wildman–Crippen LogP) is 2.14. The highest BCUT2D eigenvalue weighted by Gasteiger charge is 2.50. The van der Waals surface area contributed by atoms with E-state index in [1.807, 2.05) is 0 Å². The van der Waals surface area contributed by atoms with Crippen LogP contribution in [0.4, 0.5) is 0 Å². The van der Waals surface area contributed by atoms with Gasteiger partial charge in [-0.05, 0) is 19.3 Å². The number of rotatable bonds is 1. The van der Waals surface area contributed by atoms with Crippen LogP contribution in [0.1, 0.15) is 57.8 Å². The zero-order valence-corrected chi connectivity index (χ0v) is 16.0. The van der Waals surface area contributed by atoms with Gasteiger partial charge in [-0.25, -0.2) is 0 Å². The SMILES string of the molecule is N#CC1(N2CCC2)CCC2(CC1)OCCO2.O=C1CCC2(CC1)OCCO2. The van der Waals surface area contributed by atoms with E-state index in [0.717, 1.165) is 51.6 Å². The molecule has 0 radical (unpaired) electrons. The van der Waals surface area contributed by atoms with Crippen molar-refractivity contribution >= 4 is 5.78 Å². The van der Waals surface area contributed by atoms with E-state index in [-0.39, 0.29) is 17.1 Å². The van der Waals surface area contributed by atoms with Crippen molar-refractivity contribution in [3.05, 3.63) is 0 Å². The van der Waals surface area contributed by atoms with Crippen LogP contribution in [-0.2, 0) is 23.7 Å². The van der Waals surface area contributed by atoms with Crippen molar-refractivity contribution in [2.24, 2.45) is 0 Å². The van der Waals surface area contributed by atoms with Crippen LogP contribution >= 0.6 is 0 Å². The zero-order chi connectivity index (χ0) is 18.8. The first-order valence-corrected chi connectivity index (χ1v) is 10.3. The van der Waals surface area contributed by atoms with E-state index in [4.69, 9.17) is 18.9 Å². The maximum absolute atomic E-state index is 10.9. The third-order valence-corrected chi connectivity index (χ3v) is 6.71. The average molecular weight is 378 g/mol. The number of nitriles is 1. The van der Waals surface area contributed by atoms with Gasteiger partial charge >= 0.3 is 0 Å². The number of hydrogen-bond acceptors (Lipinski definition) is 7. The Hall–Kier alpha value is -1.04. The maximum Gasteiger partial charge on any atom is 0.169 e. The molecular weight excluding hydrogens is 348 g/mol. The maximum atomic E-state index is 10.9. The third kappa shape index (κ3) is 3.92. The summed E-state index contributed by atoms with van der Waals surface area (Å²) in [4.78, 5) is 13.2. The Morgan fingerprint density at radius 1 is 0.778 bits per heavy atom. The molecule has 5 fully saturated rings. The number of carbonyl (C=O) groups excluding carboxylic acids is 1. The Morgan fingerprint density at radius 3 is 1.67 bits per heavy atom. The minimum Gasteiger partial charge on any atom is -0.348 e. The number of ether oxygens (including phenoxy) is 4. The van der Waals surface area contributed by atoms with Gasteiger partial charge in [0.15, 0.2) is 11.6 Å². The number of Topliss-reactive ketones (excluding diaryl/α,β-unsaturated/α-hetero) is 1. The van der Waals surface area contributed by atoms with Crippen LogP contribution in [0.3, 0.4) is 0 Å². The summed E-state index contributed by atoms with van der Waals surface area (Å²) in [5, 5.41) is 9.43. The van der Waals surface area contributed by atoms with Gasteiger partial charge in [0.2, 0.25) is 0 Å². The van der Waals surface area contributed by atoms with Crippen molar-refractivity contribution in [1.29, 1.82) is 5.26 Å². The first-order chi connectivity index (χ1) is 13.1. The molecule has 3 aliphatic heterocycles. The molecule has 7 heteroatoms. The summed E-state index contributed by atoms with van der Waals surface area (Å²) in [6.45, 7) is 4.97. The minimum absolute atomic E-state index is 0.223. The number of nitrogens with zero attached hydrogens (tertiary/aromatic N) is 2. The van der Waals surface area contributed by atoms with Gasteiger partial charge in [0.25, 0.3) is 0 Å². The van der Waals surface area contributed by atoms with Crippen LogP contribution in [0.25, 0.3) is 0 Å². The topological polar surface area (TPSA) is 81.0 Å². The van der Waals surface area contributed by atoms with Gasteiger partial charge in [0, 0.05) is 51.6 Å². The second-order valence-corrected chi connectivity index (χ2v) is 8.24. The minimum atomic E-state index is -0.367. The largest absolute Gasteiger partial charge is 0.348 e. The van der Waals surface area contributed by atoms with E-state index in [9.17, 15) is 10.1 Å². The van der Waals surface area contributed by atoms with Crippen LogP contribution in [0.5, 0.6) is 0 Å². The van der Waals surface area contributed by atoms with Crippen molar-refractivity contribution < 1.29 is 23.7 Å². The number of carbonyl (C=O) groups is 1. The molecule has 27 heavy (non-hydrogen) atoms. The highest BCUT2D eigenvalue weighted by atomic mass is 16.7. The number of likely N-dealkylation sites (tertiary alicyclic amines) is 1. The Kier molecular flexibility index (Phi) is 5.55. The van der Waals surface area contributed by atoms with E-state index in [1.165, 1.54) is 6.42 Å². The van der Waals surface area contributed by atoms with Crippen molar-refractivity contribution in [2.75, 3.05) is 39.5 Å². The van der Waals surface area contributed by atoms with Crippen molar-refractivity contribution in [2.45, 2.75) is 74.9 Å². The molecule has 0 aromatic carbocycles. The first kappa shape index (κ1) is 19.3. The van der Waals surface area contributed by atoms with Gasteiger partial charge in [-0.15, -0.1) is 0 Å². The van der Waals surface area contributed by atoms with E-state index in [1.54, 1.807) is 0 Å². The smallest absolute Gasteiger partial charge is 0.169 e. The third-order valence-electron chi connectivity index (χ3n) is 6.71. The predicted molar refractivity (Wildman–Crippen MR) is 95.7 cm³/mol. The monoisotopic (exact) mass is 378 g/mol. The molecule has 5 aliphatic rings. The number of hydrogen-bond donors (Lipinski definition) is 0. The summed E-state index contributed by atoms with van der Waals surface area (Å²) >= 11 is 0. The molecule has 0 bridgehead atoms. The fourth-order valence-electron chi connectivity index (χ4n) is 4.77. The normalized spacial score (nSPS) is 31.1. The van der Waals surface area contributed by atoms with Crippen LogP contribution in [0.15, 0.2) is 0 Å². The Bertz CT molecular complexity index is 564. The Balaban J connectivity index is 0.000000143. The highest BCUT2D eigenvalue weighted by Crippen LogP contribution is 2.43. The van der Waals surface area contributed by atoms with Gasteiger partial charge in [0.05, 0.1) is 32.5 Å². The fourth-order valence-corrected chi connectivity index (χ4v) is 4.77. The first-order valence-electron chi connectivity index (χ1n) is 10.3. The summed E-state index contributed by atoms with van der Waals surface area (Å²) in [6, 6.07) is 2.54. The van der Waals surface area contributed by atoms with Crippen LogP contribution in [0, 0.1) is 11.3 Å². The van der Waals surface area contributed by atoms with Crippen LogP contribution in [-0.4, -0.2) is 67.3 Å². The quantitative estimate of drug-likeness (QED) is 0.691. The molecule has 3 saturated heterocycles. The second kappa shape index (κ2) is 7.76. The van der Waals surface area contributed by atoms with Crippen molar-refractivity contribution in [3.8, 4) is 6.07 Å². The molecular formula is C20H30N2O5. The molecule has 0 amide bonds. The molecule has 5 rings (SSSR count). The lowest BCUT2D eigenvalue weighted by molar-refractivity contribution is -0.191. The van der Waals surface area contributed by atoms with Gasteiger partial charge in [-0.2, -0.15) is 5.26 Å². The second-order valence-electron chi connectivity index (χ2n) is 8.24. The van der Waals surface area contributed by atoms with Crippen molar-refractivity contribution in [3.63, 3.8) is 0 Å². The molecule has 150 valence electrons. The van der Waals surface area contributed by atoms with Gasteiger partial charge < -0.3 is 18.9 Å². The molecule has 0 unspecified atom stereocenters. The lowest BCUT2D eigenvalue weighted by atomic mass is 9.77. The zero-order valence-electron chi connectivity index (χ0n) is 16.0. The van der Waals surface area contributed by atoms with Gasteiger partial charge in [0.1, 0.15) is 11.3 Å². The average Bonchev–Trinajstić information content (AvgIpc) is 3.30. The van der Waals surface area contributed by atoms with Crippen LogP contribution < -0.4 is 0 Å². The molecule has 2 aliphatic carbocycles. The summed E-state index contributed by atoms with van der Waals surface area (Å²) in [6.07, 6.45) is 7.53. The number of ketones is 1. The van der Waals surface area contributed by atoms with Crippen LogP contribution in [0.2, 0.25) is 0 Å².